The van der Waals surface area contributed by atoms with Crippen molar-refractivity contribution in [2.45, 2.75) is 18.7 Å². The predicted octanol–water partition coefficient (Wildman–Crippen LogP) is 2.97. The second-order valence-electron chi connectivity index (χ2n) is 4.81. The van der Waals surface area contributed by atoms with Gasteiger partial charge in [-0.1, -0.05) is 42.5 Å². The first-order valence-electron chi connectivity index (χ1n) is 6.07. The van der Waals surface area contributed by atoms with Crippen LogP contribution in [0.3, 0.4) is 0 Å². The zero-order chi connectivity index (χ0) is 12.6. The van der Waals surface area contributed by atoms with E-state index in [1.807, 2.05) is 61.5 Å². The molecule has 1 aliphatic heterocycles. The summed E-state index contributed by atoms with van der Waals surface area (Å²) in [6.07, 6.45) is -0.619. The molecule has 0 aromatic heterocycles. The summed E-state index contributed by atoms with van der Waals surface area (Å²) < 4.78 is 0. The van der Waals surface area contributed by atoms with Gasteiger partial charge in [-0.15, -0.1) is 0 Å². The normalized spacial score (nSPS) is 17.4. The van der Waals surface area contributed by atoms with Crippen molar-refractivity contribution in [1.82, 2.24) is 0 Å². The molecule has 1 unspecified atom stereocenters. The smallest absolute Gasteiger partial charge is 0.136 e. The largest absolute Gasteiger partial charge is 0.384 e. The van der Waals surface area contributed by atoms with Gasteiger partial charge in [0, 0.05) is 0 Å². The molecular weight excluding hydrogens is 224 g/mol. The van der Waals surface area contributed by atoms with Crippen LogP contribution in [0.15, 0.2) is 54.6 Å². The number of benzene rings is 2. The molecule has 3 N–H and O–H groups in total. The van der Waals surface area contributed by atoms with E-state index in [0.717, 1.165) is 16.9 Å². The molecule has 0 aliphatic carbocycles. The summed E-state index contributed by atoms with van der Waals surface area (Å²) in [7, 11) is 0. The van der Waals surface area contributed by atoms with Gasteiger partial charge in [0.1, 0.15) is 11.8 Å². The quantitative estimate of drug-likeness (QED) is 0.756. The maximum atomic E-state index is 10.5. The lowest BCUT2D eigenvalue weighted by atomic mass is 9.98. The zero-order valence-corrected chi connectivity index (χ0v) is 10.2. The summed E-state index contributed by atoms with van der Waals surface area (Å²) in [4.78, 5) is 0. The second-order valence-corrected chi connectivity index (χ2v) is 4.81. The van der Waals surface area contributed by atoms with Crippen molar-refractivity contribution >= 4 is 11.4 Å². The van der Waals surface area contributed by atoms with Gasteiger partial charge in [0.2, 0.25) is 0 Å². The molecule has 0 bridgehead atoms. The molecule has 3 rings (SSSR count). The minimum absolute atomic E-state index is 0.578. The molecule has 92 valence electrons. The van der Waals surface area contributed by atoms with Crippen LogP contribution in [0, 0.1) is 0 Å². The van der Waals surface area contributed by atoms with Crippen molar-refractivity contribution in [2.75, 3.05) is 10.6 Å². The first kappa shape index (κ1) is 11.1. The molecule has 1 aliphatic rings. The van der Waals surface area contributed by atoms with E-state index in [9.17, 15) is 5.11 Å². The van der Waals surface area contributed by atoms with Gasteiger partial charge in [-0.2, -0.15) is 0 Å². The topological polar surface area (TPSA) is 44.3 Å². The summed E-state index contributed by atoms with van der Waals surface area (Å²) in [5.74, 6) is 0. The zero-order valence-electron chi connectivity index (χ0n) is 10.2. The summed E-state index contributed by atoms with van der Waals surface area (Å²) in [6, 6.07) is 17.7. The number of rotatable bonds is 2. The van der Waals surface area contributed by atoms with Crippen molar-refractivity contribution in [3.63, 3.8) is 0 Å². The molecule has 18 heavy (non-hydrogen) atoms. The fraction of sp³-hybridized carbons (Fsp3) is 0.200. The molecule has 0 amide bonds. The van der Waals surface area contributed by atoms with Gasteiger partial charge in [0.05, 0.1) is 11.4 Å². The van der Waals surface area contributed by atoms with Crippen LogP contribution in [0.2, 0.25) is 0 Å². The van der Waals surface area contributed by atoms with Crippen LogP contribution in [-0.4, -0.2) is 10.8 Å². The van der Waals surface area contributed by atoms with Crippen molar-refractivity contribution in [3.8, 4) is 0 Å². The van der Waals surface area contributed by atoms with Gasteiger partial charge in [-0.25, -0.2) is 0 Å². The highest BCUT2D eigenvalue weighted by molar-refractivity contribution is 5.76. The molecule has 1 heterocycles. The first-order chi connectivity index (χ1) is 8.69. The highest BCUT2D eigenvalue weighted by Gasteiger charge is 2.38. The van der Waals surface area contributed by atoms with Crippen molar-refractivity contribution in [3.05, 3.63) is 60.2 Å². The Kier molecular flexibility index (Phi) is 2.49. The highest BCUT2D eigenvalue weighted by atomic mass is 16.3. The van der Waals surface area contributed by atoms with Crippen LogP contribution < -0.4 is 10.6 Å². The van der Waals surface area contributed by atoms with Gasteiger partial charge in [0.15, 0.2) is 0 Å². The van der Waals surface area contributed by atoms with Gasteiger partial charge in [-0.3, -0.25) is 0 Å². The molecule has 3 nitrogen and oxygen atoms in total. The van der Waals surface area contributed by atoms with Gasteiger partial charge in [0.25, 0.3) is 0 Å². The average molecular weight is 240 g/mol. The standard InChI is InChI=1S/C15H16N2O/c1-15(14(18)11-7-3-2-4-8-11)16-12-9-5-6-10-13(12)17-15/h2-10,14,16-18H,1H3. The van der Waals surface area contributed by atoms with Gasteiger partial charge in [-0.05, 0) is 24.6 Å². The average Bonchev–Trinajstić information content (AvgIpc) is 2.76. The third-order valence-electron chi connectivity index (χ3n) is 3.38. The fourth-order valence-electron chi connectivity index (χ4n) is 2.40. The molecule has 0 spiro atoms. The second kappa shape index (κ2) is 4.03. The van der Waals surface area contributed by atoms with E-state index in [-0.39, 0.29) is 0 Å². The molecule has 2 aromatic rings. The Morgan fingerprint density at radius 3 is 1.94 bits per heavy atom. The lowest BCUT2D eigenvalue weighted by molar-refractivity contribution is 0.122. The van der Waals surface area contributed by atoms with Crippen LogP contribution in [0.25, 0.3) is 0 Å². The van der Waals surface area contributed by atoms with Crippen molar-refractivity contribution in [2.24, 2.45) is 0 Å². The highest BCUT2D eigenvalue weighted by Crippen LogP contribution is 2.39. The number of hydrogen-bond donors (Lipinski definition) is 3. The number of fused-ring (bicyclic) bond motifs is 1. The summed E-state index contributed by atoms with van der Waals surface area (Å²) in [6.45, 7) is 1.96. The maximum absolute atomic E-state index is 10.5. The lowest BCUT2D eigenvalue weighted by Crippen LogP contribution is -2.44. The molecule has 0 fully saturated rings. The number of anilines is 2. The summed E-state index contributed by atoms with van der Waals surface area (Å²) in [5.41, 5.74) is 2.36. The molecule has 2 aromatic carbocycles. The molecule has 3 heteroatoms. The van der Waals surface area contributed by atoms with Gasteiger partial charge >= 0.3 is 0 Å². The summed E-state index contributed by atoms with van der Waals surface area (Å²) in [5, 5.41) is 17.2. The maximum Gasteiger partial charge on any atom is 0.136 e. The Balaban J connectivity index is 1.90. The Bertz CT molecular complexity index is 528. The van der Waals surface area contributed by atoms with Crippen LogP contribution in [0.4, 0.5) is 11.4 Å². The van der Waals surface area contributed by atoms with E-state index in [0.29, 0.717) is 0 Å². The van der Waals surface area contributed by atoms with Crippen LogP contribution in [0.5, 0.6) is 0 Å². The third-order valence-corrected chi connectivity index (χ3v) is 3.38. The fourth-order valence-corrected chi connectivity index (χ4v) is 2.40. The van der Waals surface area contributed by atoms with E-state index in [4.69, 9.17) is 0 Å². The molecule has 0 saturated heterocycles. The van der Waals surface area contributed by atoms with E-state index in [2.05, 4.69) is 10.6 Å². The number of para-hydroxylation sites is 2. The van der Waals surface area contributed by atoms with E-state index in [1.165, 1.54) is 0 Å². The predicted molar refractivity (Wildman–Crippen MR) is 73.5 cm³/mol. The molecule has 0 radical (unpaired) electrons. The van der Waals surface area contributed by atoms with E-state index >= 15 is 0 Å². The van der Waals surface area contributed by atoms with E-state index < -0.39 is 11.8 Å². The molecule has 1 atom stereocenters. The number of aliphatic hydroxyl groups is 1. The van der Waals surface area contributed by atoms with Crippen LogP contribution in [0.1, 0.15) is 18.6 Å². The molecule has 0 saturated carbocycles. The Labute approximate surface area is 106 Å². The van der Waals surface area contributed by atoms with Crippen molar-refractivity contribution in [1.29, 1.82) is 0 Å². The third kappa shape index (κ3) is 1.73. The monoisotopic (exact) mass is 240 g/mol. The Hall–Kier alpha value is -2.00. The lowest BCUT2D eigenvalue weighted by Gasteiger charge is -2.32. The van der Waals surface area contributed by atoms with Gasteiger partial charge < -0.3 is 15.7 Å². The molecular formula is C15H16N2O. The number of aliphatic hydroxyl groups excluding tert-OH is 1. The minimum atomic E-state index is -0.619. The number of hydrogen-bond acceptors (Lipinski definition) is 3. The minimum Gasteiger partial charge on any atom is -0.384 e. The van der Waals surface area contributed by atoms with Crippen LogP contribution in [-0.2, 0) is 0 Å². The van der Waals surface area contributed by atoms with Crippen LogP contribution >= 0.6 is 0 Å². The summed E-state index contributed by atoms with van der Waals surface area (Å²) >= 11 is 0. The van der Waals surface area contributed by atoms with Crippen molar-refractivity contribution < 1.29 is 5.11 Å². The van der Waals surface area contributed by atoms with E-state index in [1.54, 1.807) is 0 Å². The Morgan fingerprint density at radius 1 is 0.889 bits per heavy atom. The Morgan fingerprint density at radius 2 is 1.39 bits per heavy atom. The number of nitrogens with one attached hydrogen (secondary N) is 2. The SMILES string of the molecule is CC1(C(O)c2ccccc2)Nc2ccccc2N1. The first-order valence-corrected chi connectivity index (χ1v) is 6.07.